The second-order valence-electron chi connectivity index (χ2n) is 7.70. The summed E-state index contributed by atoms with van der Waals surface area (Å²) in [7, 11) is -2.56. The standard InChI is InChI=1S/C23H22NO4P/c1-23(2)19-10-6-7-11-20(19)24(3)22(23)15-13-16-12-14-21(28-29(25,26)27)18-9-5-4-8-17(16)18/h4-15H,1-3H3,(H-,25,26,27)/p+1. The minimum atomic E-state index is -4.63. The molecule has 3 aromatic carbocycles. The van der Waals surface area contributed by atoms with E-state index in [9.17, 15) is 14.4 Å². The second-order valence-corrected chi connectivity index (χ2v) is 8.86. The molecule has 148 valence electrons. The lowest BCUT2D eigenvalue weighted by molar-refractivity contribution is -0.401. The zero-order chi connectivity index (χ0) is 20.8. The first-order valence-electron chi connectivity index (χ1n) is 9.34. The molecular formula is C23H23NO4P+. The summed E-state index contributed by atoms with van der Waals surface area (Å²) in [5, 5.41) is 1.52. The number of phosphoric ester groups is 1. The zero-order valence-corrected chi connectivity index (χ0v) is 17.4. The molecule has 0 saturated carbocycles. The molecule has 4 rings (SSSR count). The highest BCUT2D eigenvalue weighted by Gasteiger charge is 2.42. The summed E-state index contributed by atoms with van der Waals surface area (Å²) >= 11 is 0. The summed E-state index contributed by atoms with van der Waals surface area (Å²) in [6.45, 7) is 4.42. The molecule has 1 aliphatic rings. The average Bonchev–Trinajstić information content (AvgIpc) is 2.87. The predicted octanol–water partition coefficient (Wildman–Crippen LogP) is 5.03. The third-order valence-electron chi connectivity index (χ3n) is 5.50. The van der Waals surface area contributed by atoms with Crippen LogP contribution in [0, 0.1) is 0 Å². The fourth-order valence-electron chi connectivity index (χ4n) is 4.12. The van der Waals surface area contributed by atoms with Crippen molar-refractivity contribution < 1.29 is 23.5 Å². The van der Waals surface area contributed by atoms with Gasteiger partial charge in [-0.2, -0.15) is 4.58 Å². The van der Waals surface area contributed by atoms with Crippen LogP contribution in [0.5, 0.6) is 5.75 Å². The zero-order valence-electron chi connectivity index (χ0n) is 16.5. The second kappa shape index (κ2) is 6.96. The van der Waals surface area contributed by atoms with Gasteiger partial charge >= 0.3 is 7.82 Å². The summed E-state index contributed by atoms with van der Waals surface area (Å²) in [6.07, 6.45) is 4.16. The van der Waals surface area contributed by atoms with Gasteiger partial charge in [-0.25, -0.2) is 4.57 Å². The van der Waals surface area contributed by atoms with Crippen molar-refractivity contribution in [1.29, 1.82) is 0 Å². The molecule has 0 atom stereocenters. The van der Waals surface area contributed by atoms with E-state index < -0.39 is 7.82 Å². The molecule has 0 aromatic heterocycles. The van der Waals surface area contributed by atoms with Crippen molar-refractivity contribution in [3.8, 4) is 5.75 Å². The van der Waals surface area contributed by atoms with E-state index in [-0.39, 0.29) is 11.2 Å². The van der Waals surface area contributed by atoms with Crippen molar-refractivity contribution >= 4 is 36.1 Å². The Morgan fingerprint density at radius 2 is 1.59 bits per heavy atom. The Morgan fingerprint density at radius 1 is 0.931 bits per heavy atom. The molecule has 2 N–H and O–H groups in total. The lowest BCUT2D eigenvalue weighted by Gasteiger charge is -2.15. The maximum absolute atomic E-state index is 11.3. The molecule has 0 amide bonds. The Kier molecular flexibility index (Phi) is 4.70. The highest BCUT2D eigenvalue weighted by molar-refractivity contribution is 7.46. The van der Waals surface area contributed by atoms with Crippen LogP contribution in [0.4, 0.5) is 5.69 Å². The van der Waals surface area contributed by atoms with Crippen LogP contribution < -0.4 is 4.52 Å². The van der Waals surface area contributed by atoms with Crippen LogP contribution in [0.3, 0.4) is 0 Å². The Hall–Kier alpha value is -2.72. The number of hydrogen-bond donors (Lipinski definition) is 2. The minimum absolute atomic E-state index is 0.124. The summed E-state index contributed by atoms with van der Waals surface area (Å²) in [5.41, 5.74) is 4.50. The van der Waals surface area contributed by atoms with Crippen LogP contribution in [0.2, 0.25) is 0 Å². The van der Waals surface area contributed by atoms with E-state index in [2.05, 4.69) is 49.7 Å². The van der Waals surface area contributed by atoms with Gasteiger partial charge in [-0.05, 0) is 36.9 Å². The first kappa shape index (κ1) is 19.6. The highest BCUT2D eigenvalue weighted by Crippen LogP contribution is 2.42. The topological polar surface area (TPSA) is 69.8 Å². The molecule has 0 unspecified atom stereocenters. The molecule has 1 aliphatic heterocycles. The normalized spacial score (nSPS) is 15.9. The lowest BCUT2D eigenvalue weighted by Crippen LogP contribution is -2.26. The summed E-state index contributed by atoms with van der Waals surface area (Å²) in [4.78, 5) is 18.4. The molecule has 0 aliphatic carbocycles. The van der Waals surface area contributed by atoms with Gasteiger partial charge in [0.1, 0.15) is 12.8 Å². The quantitative estimate of drug-likeness (QED) is 0.469. The van der Waals surface area contributed by atoms with Gasteiger partial charge in [0.25, 0.3) is 0 Å². The highest BCUT2D eigenvalue weighted by atomic mass is 31.2. The van der Waals surface area contributed by atoms with E-state index >= 15 is 0 Å². The van der Waals surface area contributed by atoms with Gasteiger partial charge < -0.3 is 4.52 Å². The van der Waals surface area contributed by atoms with Crippen molar-refractivity contribution in [1.82, 2.24) is 0 Å². The lowest BCUT2D eigenvalue weighted by atomic mass is 9.81. The van der Waals surface area contributed by atoms with Gasteiger partial charge in [0.05, 0.1) is 5.41 Å². The molecule has 0 saturated heterocycles. The molecule has 0 bridgehead atoms. The van der Waals surface area contributed by atoms with Gasteiger partial charge in [0.2, 0.25) is 5.69 Å². The molecule has 0 spiro atoms. The van der Waals surface area contributed by atoms with Crippen molar-refractivity contribution in [2.45, 2.75) is 19.3 Å². The third-order valence-corrected chi connectivity index (χ3v) is 5.93. The number of nitrogens with zero attached hydrogens (tertiary/aromatic N) is 1. The SMILES string of the molecule is C[N+]1=C(C=Cc2ccc(OP(=O)(O)O)c3ccccc23)C(C)(C)c2ccccc21. The fraction of sp³-hybridized carbons (Fsp3) is 0.174. The van der Waals surface area contributed by atoms with Crippen molar-refractivity contribution in [3.05, 3.63) is 77.9 Å². The predicted molar refractivity (Wildman–Crippen MR) is 116 cm³/mol. The number of para-hydroxylation sites is 1. The summed E-state index contributed by atoms with van der Waals surface area (Å²) in [5.74, 6) is 0.171. The van der Waals surface area contributed by atoms with E-state index in [1.54, 1.807) is 12.1 Å². The van der Waals surface area contributed by atoms with Crippen molar-refractivity contribution in [2.75, 3.05) is 7.05 Å². The average molecular weight is 408 g/mol. The summed E-state index contributed by atoms with van der Waals surface area (Å²) in [6, 6.07) is 19.3. The van der Waals surface area contributed by atoms with E-state index in [0.29, 0.717) is 5.39 Å². The molecule has 0 radical (unpaired) electrons. The monoisotopic (exact) mass is 408 g/mol. The van der Waals surface area contributed by atoms with Gasteiger partial charge in [-0.3, -0.25) is 9.79 Å². The maximum Gasteiger partial charge on any atom is 0.524 e. The van der Waals surface area contributed by atoms with E-state index in [4.69, 9.17) is 4.52 Å². The van der Waals surface area contributed by atoms with Crippen molar-refractivity contribution in [3.63, 3.8) is 0 Å². The molecule has 29 heavy (non-hydrogen) atoms. The third kappa shape index (κ3) is 3.53. The Labute approximate surface area is 169 Å². The Bertz CT molecular complexity index is 1220. The van der Waals surface area contributed by atoms with Crippen molar-refractivity contribution in [2.24, 2.45) is 0 Å². The molecule has 1 heterocycles. The summed E-state index contributed by atoms with van der Waals surface area (Å²) < 4.78 is 18.4. The van der Waals surface area contributed by atoms with Crippen LogP contribution in [-0.2, 0) is 9.98 Å². The van der Waals surface area contributed by atoms with Gasteiger partial charge in [-0.15, -0.1) is 0 Å². The van der Waals surface area contributed by atoms with Gasteiger partial charge in [-0.1, -0.05) is 48.5 Å². The van der Waals surface area contributed by atoms with E-state index in [1.165, 1.54) is 17.0 Å². The van der Waals surface area contributed by atoms with Crippen LogP contribution in [0.1, 0.15) is 25.0 Å². The molecular weight excluding hydrogens is 385 g/mol. The smallest absolute Gasteiger partial charge is 0.404 e. The van der Waals surface area contributed by atoms with Crippen LogP contribution in [-0.4, -0.2) is 27.1 Å². The van der Waals surface area contributed by atoms with Crippen LogP contribution >= 0.6 is 7.82 Å². The van der Waals surface area contributed by atoms with E-state index in [1.807, 2.05) is 36.4 Å². The maximum atomic E-state index is 11.3. The minimum Gasteiger partial charge on any atom is -0.404 e. The van der Waals surface area contributed by atoms with E-state index in [0.717, 1.165) is 10.9 Å². The molecule has 6 heteroatoms. The largest absolute Gasteiger partial charge is 0.524 e. The fourth-order valence-corrected chi connectivity index (χ4v) is 4.53. The van der Waals surface area contributed by atoms with Gasteiger partial charge in [0, 0.05) is 23.1 Å². The first-order valence-corrected chi connectivity index (χ1v) is 10.9. The first-order chi connectivity index (χ1) is 13.7. The number of benzene rings is 3. The Balaban J connectivity index is 1.78. The molecule has 0 fully saturated rings. The Morgan fingerprint density at radius 3 is 2.28 bits per heavy atom. The number of hydrogen-bond acceptors (Lipinski definition) is 2. The number of fused-ring (bicyclic) bond motifs is 2. The number of allylic oxidation sites excluding steroid dienone is 1. The number of phosphoric acid groups is 1. The van der Waals surface area contributed by atoms with Gasteiger partial charge in [0.15, 0.2) is 5.71 Å². The molecule has 5 nitrogen and oxygen atoms in total. The molecule has 3 aromatic rings. The number of rotatable bonds is 4. The van der Waals surface area contributed by atoms with Crippen LogP contribution in [0.15, 0.2) is 66.7 Å². The van der Waals surface area contributed by atoms with Crippen LogP contribution in [0.25, 0.3) is 16.8 Å².